The molecular weight excluding hydrogens is 434 g/mol. The highest BCUT2D eigenvalue weighted by Crippen LogP contribution is 2.37. The second-order valence-electron chi connectivity index (χ2n) is 7.78. The maximum Gasteiger partial charge on any atom is 0.419 e. The number of aliphatic hydroxyl groups excluding tert-OH is 1. The van der Waals surface area contributed by atoms with E-state index in [4.69, 9.17) is 4.74 Å². The van der Waals surface area contributed by atoms with Crippen molar-refractivity contribution in [2.75, 3.05) is 0 Å². The van der Waals surface area contributed by atoms with Gasteiger partial charge < -0.3 is 9.84 Å². The molecule has 5 rings (SSSR count). The van der Waals surface area contributed by atoms with E-state index in [-0.39, 0.29) is 10.9 Å². The molecule has 1 aliphatic rings. The zero-order valence-corrected chi connectivity index (χ0v) is 17.1. The molecule has 33 heavy (non-hydrogen) atoms. The van der Waals surface area contributed by atoms with Gasteiger partial charge in [0, 0.05) is 10.9 Å². The van der Waals surface area contributed by atoms with Gasteiger partial charge in [-0.2, -0.15) is 13.2 Å². The minimum absolute atomic E-state index is 0.0493. The lowest BCUT2D eigenvalue weighted by atomic mass is 9.96. The number of aliphatic hydroxyl groups is 1. The van der Waals surface area contributed by atoms with Crippen LogP contribution in [0.2, 0.25) is 0 Å². The van der Waals surface area contributed by atoms with Crippen molar-refractivity contribution in [3.05, 3.63) is 106 Å². The van der Waals surface area contributed by atoms with Crippen LogP contribution in [0, 0.1) is 5.82 Å². The molecule has 166 valence electrons. The third kappa shape index (κ3) is 4.07. The monoisotopic (exact) mass is 451 g/mol. The third-order valence-corrected chi connectivity index (χ3v) is 5.61. The summed E-state index contributed by atoms with van der Waals surface area (Å²) in [5.41, 5.74) is 2.19. The molecule has 1 N–H and O–H groups in total. The fourth-order valence-corrected chi connectivity index (χ4v) is 3.92. The van der Waals surface area contributed by atoms with Crippen LogP contribution >= 0.6 is 0 Å². The van der Waals surface area contributed by atoms with E-state index in [1.807, 2.05) is 30.3 Å². The van der Waals surface area contributed by atoms with Crippen molar-refractivity contribution in [1.82, 2.24) is 4.98 Å². The van der Waals surface area contributed by atoms with Gasteiger partial charge in [-0.05, 0) is 53.1 Å². The summed E-state index contributed by atoms with van der Waals surface area (Å²) in [6.45, 7) is 0.358. The average Bonchev–Trinajstić information content (AvgIpc) is 2.93. The Labute approximate surface area is 186 Å². The number of benzene rings is 3. The highest BCUT2D eigenvalue weighted by atomic mass is 19.4. The number of rotatable bonds is 2. The SMILES string of the molecule is OC1c2ccccc2COc2ccc(C=Cc3ccc4cc(F)c(C(F)(F)F)cc4n3)cc21. The molecule has 0 amide bonds. The molecule has 3 nitrogen and oxygen atoms in total. The fourth-order valence-electron chi connectivity index (χ4n) is 3.92. The number of hydrogen-bond donors (Lipinski definition) is 1. The highest BCUT2D eigenvalue weighted by molar-refractivity contribution is 5.82. The third-order valence-electron chi connectivity index (χ3n) is 5.61. The van der Waals surface area contributed by atoms with Gasteiger partial charge in [-0.1, -0.05) is 42.5 Å². The first kappa shape index (κ1) is 21.2. The Bertz CT molecular complexity index is 1400. The maximum atomic E-state index is 13.8. The molecule has 3 aromatic carbocycles. The Balaban J connectivity index is 1.47. The van der Waals surface area contributed by atoms with Crippen molar-refractivity contribution in [2.24, 2.45) is 0 Å². The smallest absolute Gasteiger partial charge is 0.419 e. The quantitative estimate of drug-likeness (QED) is 0.352. The molecule has 1 aromatic heterocycles. The van der Waals surface area contributed by atoms with Gasteiger partial charge in [0.2, 0.25) is 0 Å². The van der Waals surface area contributed by atoms with E-state index in [1.165, 1.54) is 6.07 Å². The molecule has 2 heterocycles. The van der Waals surface area contributed by atoms with Crippen molar-refractivity contribution in [3.8, 4) is 5.75 Å². The largest absolute Gasteiger partial charge is 0.488 e. The minimum Gasteiger partial charge on any atom is -0.488 e. The zero-order valence-electron chi connectivity index (χ0n) is 17.1. The van der Waals surface area contributed by atoms with Gasteiger partial charge in [0.25, 0.3) is 0 Å². The average molecular weight is 451 g/mol. The molecule has 1 atom stereocenters. The number of hydrogen-bond acceptors (Lipinski definition) is 3. The number of pyridine rings is 1. The molecule has 0 aliphatic carbocycles. The number of halogens is 4. The summed E-state index contributed by atoms with van der Waals surface area (Å²) in [6.07, 6.45) is -2.25. The molecule has 0 saturated heterocycles. The fraction of sp³-hybridized carbons (Fsp3) is 0.115. The van der Waals surface area contributed by atoms with E-state index in [2.05, 4.69) is 4.98 Å². The second kappa shape index (κ2) is 8.01. The van der Waals surface area contributed by atoms with E-state index < -0.39 is 23.7 Å². The Morgan fingerprint density at radius 3 is 2.58 bits per heavy atom. The van der Waals surface area contributed by atoms with Crippen molar-refractivity contribution < 1.29 is 27.4 Å². The molecule has 0 saturated carbocycles. The van der Waals surface area contributed by atoms with Crippen LogP contribution in [0.1, 0.15) is 39.6 Å². The van der Waals surface area contributed by atoms with Crippen molar-refractivity contribution >= 4 is 23.1 Å². The van der Waals surface area contributed by atoms with Gasteiger partial charge >= 0.3 is 6.18 Å². The maximum absolute atomic E-state index is 13.8. The van der Waals surface area contributed by atoms with Crippen LogP contribution in [0.25, 0.3) is 23.1 Å². The molecule has 0 fully saturated rings. The summed E-state index contributed by atoms with van der Waals surface area (Å²) in [4.78, 5) is 4.23. The Hall–Kier alpha value is -3.71. The van der Waals surface area contributed by atoms with E-state index in [0.717, 1.165) is 28.8 Å². The first-order valence-corrected chi connectivity index (χ1v) is 10.2. The first-order valence-electron chi connectivity index (χ1n) is 10.2. The number of aromatic nitrogens is 1. The number of nitrogens with zero attached hydrogens (tertiary/aromatic N) is 1. The van der Waals surface area contributed by atoms with Gasteiger partial charge in [-0.25, -0.2) is 9.37 Å². The molecule has 4 aromatic rings. The van der Waals surface area contributed by atoms with E-state index in [0.29, 0.717) is 23.6 Å². The summed E-state index contributed by atoms with van der Waals surface area (Å²) in [6, 6.07) is 17.6. The Morgan fingerprint density at radius 1 is 0.939 bits per heavy atom. The normalized spacial score (nSPS) is 15.7. The summed E-state index contributed by atoms with van der Waals surface area (Å²) in [5, 5.41) is 11.2. The Morgan fingerprint density at radius 2 is 1.76 bits per heavy atom. The van der Waals surface area contributed by atoms with E-state index >= 15 is 0 Å². The standard InChI is InChI=1S/C26H17F4NO2/c27-22-12-16-7-9-18(31-23(16)13-21(22)26(28,29)30)8-5-15-6-10-24-20(11-15)25(32)19-4-2-1-3-17(19)14-33-24/h1-13,25,32H,14H2. The zero-order chi connectivity index (χ0) is 23.2. The summed E-state index contributed by atoms with van der Waals surface area (Å²) in [7, 11) is 0. The van der Waals surface area contributed by atoms with Crippen LogP contribution in [0.5, 0.6) is 5.75 Å². The Kier molecular flexibility index (Phi) is 5.13. The van der Waals surface area contributed by atoms with E-state index in [1.54, 1.807) is 30.4 Å². The van der Waals surface area contributed by atoms with Crippen LogP contribution < -0.4 is 4.74 Å². The van der Waals surface area contributed by atoms with Crippen LogP contribution in [0.3, 0.4) is 0 Å². The van der Waals surface area contributed by atoms with Crippen LogP contribution in [-0.4, -0.2) is 10.1 Å². The molecular formula is C26H17F4NO2. The topological polar surface area (TPSA) is 42.4 Å². The van der Waals surface area contributed by atoms with Crippen LogP contribution in [-0.2, 0) is 12.8 Å². The number of alkyl halides is 3. The number of ether oxygens (including phenoxy) is 1. The molecule has 1 aliphatic heterocycles. The van der Waals surface area contributed by atoms with Crippen molar-refractivity contribution in [2.45, 2.75) is 18.9 Å². The molecule has 0 bridgehead atoms. The molecule has 7 heteroatoms. The summed E-state index contributed by atoms with van der Waals surface area (Å²) >= 11 is 0. The number of fused-ring (bicyclic) bond motifs is 3. The van der Waals surface area contributed by atoms with Gasteiger partial charge in [-0.3, -0.25) is 0 Å². The predicted molar refractivity (Wildman–Crippen MR) is 117 cm³/mol. The second-order valence-corrected chi connectivity index (χ2v) is 7.78. The van der Waals surface area contributed by atoms with Gasteiger partial charge in [0.05, 0.1) is 16.8 Å². The predicted octanol–water partition coefficient (Wildman–Crippen LogP) is 6.54. The summed E-state index contributed by atoms with van der Waals surface area (Å²) < 4.78 is 58.7. The van der Waals surface area contributed by atoms with Crippen molar-refractivity contribution in [1.29, 1.82) is 0 Å². The van der Waals surface area contributed by atoms with Crippen LogP contribution in [0.4, 0.5) is 17.6 Å². The van der Waals surface area contributed by atoms with Gasteiger partial charge in [0.15, 0.2) is 0 Å². The molecule has 0 radical (unpaired) electrons. The van der Waals surface area contributed by atoms with Gasteiger partial charge in [-0.15, -0.1) is 0 Å². The van der Waals surface area contributed by atoms with Crippen molar-refractivity contribution in [3.63, 3.8) is 0 Å². The lowest BCUT2D eigenvalue weighted by Crippen LogP contribution is -2.08. The lowest BCUT2D eigenvalue weighted by molar-refractivity contribution is -0.139. The molecule has 1 unspecified atom stereocenters. The minimum atomic E-state index is -4.80. The van der Waals surface area contributed by atoms with E-state index in [9.17, 15) is 22.7 Å². The lowest BCUT2D eigenvalue weighted by Gasteiger charge is -2.13. The highest BCUT2D eigenvalue weighted by Gasteiger charge is 2.34. The summed E-state index contributed by atoms with van der Waals surface area (Å²) in [5.74, 6) is -0.742. The van der Waals surface area contributed by atoms with Crippen LogP contribution in [0.15, 0.2) is 66.7 Å². The molecule has 0 spiro atoms. The first-order chi connectivity index (χ1) is 15.8. The van der Waals surface area contributed by atoms with Gasteiger partial charge in [0.1, 0.15) is 24.3 Å².